The first kappa shape index (κ1) is 43.2. The molecule has 4 heterocycles. The molecule has 3 saturated carbocycles. The van der Waals surface area contributed by atoms with Gasteiger partial charge in [0.1, 0.15) is 11.9 Å². The van der Waals surface area contributed by atoms with Crippen molar-refractivity contribution in [2.75, 3.05) is 19.8 Å². The number of ether oxygens (including phenoxy) is 2. The van der Waals surface area contributed by atoms with Crippen molar-refractivity contribution in [3.8, 4) is 0 Å². The number of nitrogens with zero attached hydrogens (tertiary/aromatic N) is 1. The molecular formula is C52H72N2O7. The molecule has 4 N–H and O–H groups in total. The Labute approximate surface area is 363 Å². The Morgan fingerprint density at radius 3 is 2.41 bits per heavy atom. The minimum Gasteiger partial charge on any atom is -0.396 e. The van der Waals surface area contributed by atoms with Crippen LogP contribution in [0, 0.1) is 52.3 Å². The summed E-state index contributed by atoms with van der Waals surface area (Å²) in [6.07, 6.45) is 7.18. The van der Waals surface area contributed by atoms with Crippen LogP contribution in [0.2, 0.25) is 0 Å². The topological polar surface area (TPSA) is 137 Å². The van der Waals surface area contributed by atoms with Crippen molar-refractivity contribution >= 4 is 22.6 Å². The first-order chi connectivity index (χ1) is 28.8. The van der Waals surface area contributed by atoms with E-state index in [1.807, 2.05) is 20.0 Å². The highest BCUT2D eigenvalue weighted by Crippen LogP contribution is 2.75. The van der Waals surface area contributed by atoms with Gasteiger partial charge in [-0.3, -0.25) is 9.59 Å². The maximum Gasteiger partial charge on any atom is 0.160 e. The maximum absolute atomic E-state index is 14.9. The van der Waals surface area contributed by atoms with E-state index in [4.69, 9.17) is 9.47 Å². The second-order valence-electron chi connectivity index (χ2n) is 22.4. The fourth-order valence-electron chi connectivity index (χ4n) is 15.1. The number of H-pyrrole nitrogens is 1. The second-order valence-corrected chi connectivity index (χ2v) is 22.4. The molecule has 3 aromatic rings. The molecule has 0 radical (unpaired) electrons. The first-order valence-electron chi connectivity index (χ1n) is 23.6. The lowest BCUT2D eigenvalue weighted by Crippen LogP contribution is -2.67. The molecule has 6 aliphatic rings. The lowest BCUT2D eigenvalue weighted by Gasteiger charge is -2.70. The number of epoxide rings is 1. The number of aliphatic hydroxyl groups is 3. The number of aromatic amines is 1. The number of carbonyl (C=O) groups excluding carboxylic acids is 2. The van der Waals surface area contributed by atoms with Gasteiger partial charge in [-0.2, -0.15) is 0 Å². The van der Waals surface area contributed by atoms with E-state index in [1.165, 1.54) is 16.7 Å². The number of ketones is 2. The van der Waals surface area contributed by atoms with E-state index in [0.29, 0.717) is 50.4 Å². The zero-order chi connectivity index (χ0) is 43.6. The third-order valence-corrected chi connectivity index (χ3v) is 18.2. The predicted molar refractivity (Wildman–Crippen MR) is 237 cm³/mol. The average molecular weight is 837 g/mol. The van der Waals surface area contributed by atoms with Gasteiger partial charge in [0.25, 0.3) is 0 Å². The molecule has 1 aromatic carbocycles. The number of Topliss-reactive ketones (excluding diaryl/α,β-unsaturated/α-hetero) is 2. The largest absolute Gasteiger partial charge is 0.396 e. The molecule has 61 heavy (non-hydrogen) atoms. The van der Waals surface area contributed by atoms with Gasteiger partial charge >= 0.3 is 0 Å². The molecule has 5 fully saturated rings. The molecule has 10 unspecified atom stereocenters. The van der Waals surface area contributed by atoms with E-state index >= 15 is 0 Å². The molecule has 332 valence electrons. The molecule has 0 bridgehead atoms. The van der Waals surface area contributed by atoms with E-state index in [1.54, 1.807) is 0 Å². The van der Waals surface area contributed by atoms with Crippen LogP contribution in [-0.2, 0) is 38.4 Å². The highest BCUT2D eigenvalue weighted by atomic mass is 16.6. The van der Waals surface area contributed by atoms with Crippen LogP contribution in [0.1, 0.15) is 141 Å². The second kappa shape index (κ2) is 15.0. The van der Waals surface area contributed by atoms with Gasteiger partial charge in [0.2, 0.25) is 0 Å². The van der Waals surface area contributed by atoms with Crippen molar-refractivity contribution < 1.29 is 34.4 Å². The third-order valence-electron chi connectivity index (χ3n) is 18.2. The lowest BCUT2D eigenvalue weighted by atomic mass is 9.34. The number of hydrogen-bond donors (Lipinski definition) is 4. The van der Waals surface area contributed by atoms with E-state index in [2.05, 4.69) is 82.3 Å². The van der Waals surface area contributed by atoms with E-state index < -0.39 is 34.4 Å². The normalized spacial score (nSPS) is 35.6. The van der Waals surface area contributed by atoms with Crippen LogP contribution >= 0.6 is 0 Å². The summed E-state index contributed by atoms with van der Waals surface area (Å²) in [7, 11) is 0. The number of benzene rings is 1. The highest BCUT2D eigenvalue weighted by molar-refractivity contribution is 6.01. The number of nitrogens with one attached hydrogen (secondary N) is 1. The third kappa shape index (κ3) is 6.63. The molecule has 10 atom stereocenters. The monoisotopic (exact) mass is 837 g/mol. The van der Waals surface area contributed by atoms with Gasteiger partial charge in [-0.05, 0) is 122 Å². The summed E-state index contributed by atoms with van der Waals surface area (Å²) in [6, 6.07) is 9.11. The quantitative estimate of drug-likeness (QED) is 0.142. The van der Waals surface area contributed by atoms with Crippen LogP contribution < -0.4 is 0 Å². The fourth-order valence-corrected chi connectivity index (χ4v) is 15.1. The van der Waals surface area contributed by atoms with Crippen molar-refractivity contribution in [1.29, 1.82) is 0 Å². The van der Waals surface area contributed by atoms with E-state index in [-0.39, 0.29) is 47.3 Å². The van der Waals surface area contributed by atoms with Gasteiger partial charge in [-0.1, -0.05) is 65.3 Å². The number of aromatic nitrogens is 2. The molecule has 2 aromatic heterocycles. The molecule has 0 amide bonds. The number of hydrogen-bond acceptors (Lipinski definition) is 7. The van der Waals surface area contributed by atoms with Crippen LogP contribution in [0.4, 0.5) is 0 Å². The minimum atomic E-state index is -0.783. The maximum atomic E-state index is 14.9. The summed E-state index contributed by atoms with van der Waals surface area (Å²) in [5.41, 5.74) is 7.88. The molecule has 9 heteroatoms. The molecule has 2 aliphatic heterocycles. The van der Waals surface area contributed by atoms with Gasteiger partial charge in [0, 0.05) is 86.3 Å². The number of aliphatic hydroxyl groups excluding tert-OH is 3. The van der Waals surface area contributed by atoms with Crippen molar-refractivity contribution in [3.05, 3.63) is 69.6 Å². The minimum absolute atomic E-state index is 0.0177. The van der Waals surface area contributed by atoms with Crippen LogP contribution in [0.5, 0.6) is 0 Å². The summed E-state index contributed by atoms with van der Waals surface area (Å²) in [6.45, 7) is 21.5. The standard InChI is InChI=1S/C52H72N2O7/c1-29-22-31(25-33(23-29)32-14-20-60-21-15-32)26-34-36(13-19-55)54(37-12-18-53-44(34)37)28-35-43-42(30(2)24-38(56)47-49(5,6)61-47)39(57)27-52(43,9)51(8)17-10-40-48(3,4)41(58)11-16-50(40,7)46(51)45(35)59/h12,18,22-23,25,30,32,35,38,40,45-47,53,55-56,59H,10-11,13-17,19-21,24,26-28H2,1-9H3. The van der Waals surface area contributed by atoms with Gasteiger partial charge in [0.15, 0.2) is 5.78 Å². The lowest BCUT2D eigenvalue weighted by molar-refractivity contribution is -0.220. The zero-order valence-corrected chi connectivity index (χ0v) is 38.3. The first-order valence-corrected chi connectivity index (χ1v) is 23.6. The van der Waals surface area contributed by atoms with Crippen molar-refractivity contribution in [2.24, 2.45) is 45.3 Å². The zero-order valence-electron chi connectivity index (χ0n) is 38.3. The summed E-state index contributed by atoms with van der Waals surface area (Å²) >= 11 is 0. The number of rotatable bonds is 11. The molecule has 0 spiro atoms. The number of allylic oxidation sites excluding steroid dienone is 1. The summed E-state index contributed by atoms with van der Waals surface area (Å²) in [5.74, 6) is 0.270. The van der Waals surface area contributed by atoms with Crippen molar-refractivity contribution in [2.45, 2.75) is 163 Å². The van der Waals surface area contributed by atoms with Crippen LogP contribution in [-0.4, -0.2) is 80.2 Å². The summed E-state index contributed by atoms with van der Waals surface area (Å²) in [4.78, 5) is 32.1. The number of aryl methyl sites for hydroxylation is 1. The Balaban J connectivity index is 1.18. The molecule has 9 rings (SSSR count). The Morgan fingerprint density at radius 2 is 1.72 bits per heavy atom. The van der Waals surface area contributed by atoms with Gasteiger partial charge < -0.3 is 34.3 Å². The molecule has 2 saturated heterocycles. The number of fused-ring (bicyclic) bond motifs is 6. The number of carbonyl (C=O) groups is 2. The van der Waals surface area contributed by atoms with E-state index in [0.717, 1.165) is 78.8 Å². The van der Waals surface area contributed by atoms with Crippen LogP contribution in [0.25, 0.3) is 11.0 Å². The highest BCUT2D eigenvalue weighted by Gasteiger charge is 2.72. The summed E-state index contributed by atoms with van der Waals surface area (Å²) < 4.78 is 13.9. The van der Waals surface area contributed by atoms with Crippen LogP contribution in [0.15, 0.2) is 41.6 Å². The predicted octanol–water partition coefficient (Wildman–Crippen LogP) is 8.56. The van der Waals surface area contributed by atoms with Gasteiger partial charge in [0.05, 0.1) is 28.8 Å². The smallest absolute Gasteiger partial charge is 0.160 e. The average Bonchev–Trinajstić information content (AvgIpc) is 3.44. The van der Waals surface area contributed by atoms with Crippen LogP contribution in [0.3, 0.4) is 0 Å². The Bertz CT molecular complexity index is 2260. The Hall–Kier alpha value is -3.08. The van der Waals surface area contributed by atoms with E-state index in [9.17, 15) is 24.9 Å². The SMILES string of the molecule is Cc1cc(Cc2c(CCO)n(CC3C4=C(C(C)CC(O)C5OC5(C)C)C(=O)CC4(C)C4(C)CCC5C(C)(C)C(=O)CCC5(C)C4C3O)c3cc[nH]c23)cc(C2CCOCC2)c1. The van der Waals surface area contributed by atoms with Gasteiger partial charge in [-0.25, -0.2) is 0 Å². The fraction of sp³-hybridized carbons (Fsp3) is 0.692. The molecular weight excluding hydrogens is 765 g/mol. The molecule has 4 aliphatic carbocycles. The van der Waals surface area contributed by atoms with Gasteiger partial charge in [-0.15, -0.1) is 0 Å². The molecule has 9 nitrogen and oxygen atoms in total. The summed E-state index contributed by atoms with van der Waals surface area (Å²) in [5, 5.41) is 35.7. The van der Waals surface area contributed by atoms with Crippen molar-refractivity contribution in [3.63, 3.8) is 0 Å². The Kier molecular flexibility index (Phi) is 10.6. The van der Waals surface area contributed by atoms with Crippen molar-refractivity contribution in [1.82, 2.24) is 9.55 Å². The Morgan fingerprint density at radius 1 is 1.00 bits per heavy atom.